The molecule has 0 bridgehead atoms. The molecule has 23 heavy (non-hydrogen) atoms. The third-order valence-corrected chi connectivity index (χ3v) is 5.53. The van der Waals surface area contributed by atoms with Crippen molar-refractivity contribution < 1.29 is 4.79 Å². The Hall–Kier alpha value is -1.56. The zero-order valence-corrected chi connectivity index (χ0v) is 15.1. The van der Waals surface area contributed by atoms with Gasteiger partial charge < -0.3 is 5.32 Å². The van der Waals surface area contributed by atoms with Crippen LogP contribution >= 0.6 is 34.7 Å². The number of rotatable bonds is 4. The molecule has 1 heterocycles. The van der Waals surface area contributed by atoms with Gasteiger partial charge in [0, 0.05) is 10.9 Å². The summed E-state index contributed by atoms with van der Waals surface area (Å²) in [5.74, 6) is -0.212. The number of hydrogen-bond donors (Lipinski definition) is 1. The van der Waals surface area contributed by atoms with Gasteiger partial charge in [-0.2, -0.15) is 0 Å². The summed E-state index contributed by atoms with van der Waals surface area (Å²) in [5, 5.41) is 3.83. The lowest BCUT2D eigenvalue weighted by molar-refractivity contribution is 0.102. The Labute approximate surface area is 148 Å². The number of aromatic nitrogens is 1. The van der Waals surface area contributed by atoms with Gasteiger partial charge in [-0.05, 0) is 30.3 Å². The van der Waals surface area contributed by atoms with Crippen LogP contribution < -0.4 is 5.32 Å². The monoisotopic (exact) mass is 362 g/mol. The molecule has 0 spiro atoms. The molecule has 1 amide bonds. The molecule has 3 rings (SSSR count). The molecule has 0 fully saturated rings. The van der Waals surface area contributed by atoms with Gasteiger partial charge in [-0.3, -0.25) is 4.79 Å². The standard InChI is InChI=1S/C17H15ClN2OS2/c1-10(2)22-17-20-14-8-7-11(9-15(14)23-17)19-16(21)12-5-3-4-6-13(12)18/h3-10H,1-2H3,(H,19,21). The molecular formula is C17H15ClN2OS2. The van der Waals surface area contributed by atoms with Crippen molar-refractivity contribution in [3.8, 4) is 0 Å². The Morgan fingerprint density at radius 1 is 1.26 bits per heavy atom. The van der Waals surface area contributed by atoms with Crippen LogP contribution in [0.2, 0.25) is 5.02 Å². The van der Waals surface area contributed by atoms with Crippen molar-refractivity contribution in [2.75, 3.05) is 5.32 Å². The molecule has 6 heteroatoms. The first-order chi connectivity index (χ1) is 11.0. The first-order valence-corrected chi connectivity index (χ1v) is 9.23. The molecule has 0 unspecified atom stereocenters. The van der Waals surface area contributed by atoms with Crippen molar-refractivity contribution in [3.63, 3.8) is 0 Å². The number of amides is 1. The van der Waals surface area contributed by atoms with Gasteiger partial charge in [0.2, 0.25) is 0 Å². The molecule has 3 nitrogen and oxygen atoms in total. The molecular weight excluding hydrogens is 348 g/mol. The van der Waals surface area contributed by atoms with Crippen LogP contribution in [0.25, 0.3) is 10.2 Å². The largest absolute Gasteiger partial charge is 0.322 e. The van der Waals surface area contributed by atoms with Crippen molar-refractivity contribution in [2.24, 2.45) is 0 Å². The molecule has 3 aromatic rings. The molecule has 1 N–H and O–H groups in total. The Bertz CT molecular complexity index is 861. The second kappa shape index (κ2) is 6.91. The predicted molar refractivity (Wildman–Crippen MR) is 100 cm³/mol. The highest BCUT2D eigenvalue weighted by Crippen LogP contribution is 2.33. The van der Waals surface area contributed by atoms with Gasteiger partial charge >= 0.3 is 0 Å². The SMILES string of the molecule is CC(C)Sc1nc2ccc(NC(=O)c3ccccc3Cl)cc2s1. The van der Waals surface area contributed by atoms with Gasteiger partial charge in [0.25, 0.3) is 5.91 Å². The number of benzene rings is 2. The minimum absolute atomic E-state index is 0.212. The van der Waals surface area contributed by atoms with E-state index in [1.54, 1.807) is 47.4 Å². The Kier molecular flexibility index (Phi) is 4.90. The minimum Gasteiger partial charge on any atom is -0.322 e. The molecule has 0 aliphatic rings. The summed E-state index contributed by atoms with van der Waals surface area (Å²) in [5.41, 5.74) is 2.16. The van der Waals surface area contributed by atoms with E-state index in [-0.39, 0.29) is 5.91 Å². The number of hydrogen-bond acceptors (Lipinski definition) is 4. The maximum Gasteiger partial charge on any atom is 0.257 e. The average molecular weight is 363 g/mol. The number of carbonyl (C=O) groups is 1. The van der Waals surface area contributed by atoms with Gasteiger partial charge in [0.1, 0.15) is 0 Å². The number of thioether (sulfide) groups is 1. The van der Waals surface area contributed by atoms with Gasteiger partial charge in [-0.25, -0.2) is 4.98 Å². The lowest BCUT2D eigenvalue weighted by atomic mass is 10.2. The van der Waals surface area contributed by atoms with Gasteiger partial charge in [0.05, 0.1) is 20.8 Å². The third-order valence-electron chi connectivity index (χ3n) is 3.08. The van der Waals surface area contributed by atoms with Crippen LogP contribution in [-0.2, 0) is 0 Å². The second-order valence-corrected chi connectivity index (χ2v) is 8.52. The van der Waals surface area contributed by atoms with Crippen LogP contribution in [-0.4, -0.2) is 16.1 Å². The van der Waals surface area contributed by atoms with Crippen LogP contribution in [0.1, 0.15) is 24.2 Å². The smallest absolute Gasteiger partial charge is 0.257 e. The Morgan fingerprint density at radius 2 is 2.04 bits per heavy atom. The molecule has 118 valence electrons. The van der Waals surface area contributed by atoms with Crippen molar-refractivity contribution in [1.29, 1.82) is 0 Å². The fourth-order valence-corrected chi connectivity index (χ4v) is 4.63. The van der Waals surface area contributed by atoms with E-state index in [1.165, 1.54) is 0 Å². The van der Waals surface area contributed by atoms with Crippen LogP contribution in [0.4, 0.5) is 5.69 Å². The molecule has 0 radical (unpaired) electrons. The summed E-state index contributed by atoms with van der Waals surface area (Å²) in [7, 11) is 0. The normalized spacial score (nSPS) is 11.1. The van der Waals surface area contributed by atoms with Gasteiger partial charge in [0.15, 0.2) is 4.34 Å². The Balaban J connectivity index is 1.83. The lowest BCUT2D eigenvalue weighted by Crippen LogP contribution is -2.12. The van der Waals surface area contributed by atoms with E-state index < -0.39 is 0 Å². The van der Waals surface area contributed by atoms with Crippen LogP contribution in [0.5, 0.6) is 0 Å². The molecule has 0 saturated heterocycles. The summed E-state index contributed by atoms with van der Waals surface area (Å²) in [6, 6.07) is 12.8. The Morgan fingerprint density at radius 3 is 2.78 bits per heavy atom. The topological polar surface area (TPSA) is 42.0 Å². The number of nitrogens with one attached hydrogen (secondary N) is 1. The highest BCUT2D eigenvalue weighted by molar-refractivity contribution is 8.01. The maximum atomic E-state index is 12.3. The number of carbonyl (C=O) groups excluding carboxylic acids is 1. The lowest BCUT2D eigenvalue weighted by Gasteiger charge is -2.06. The minimum atomic E-state index is -0.212. The number of thiazole rings is 1. The fraction of sp³-hybridized carbons (Fsp3) is 0.176. The van der Waals surface area contributed by atoms with Gasteiger partial charge in [-0.1, -0.05) is 49.3 Å². The molecule has 2 aromatic carbocycles. The highest BCUT2D eigenvalue weighted by atomic mass is 35.5. The predicted octanol–water partition coefficient (Wildman–Crippen LogP) is 5.70. The number of nitrogens with zero attached hydrogens (tertiary/aromatic N) is 1. The summed E-state index contributed by atoms with van der Waals surface area (Å²) in [6.45, 7) is 4.29. The zero-order valence-electron chi connectivity index (χ0n) is 12.7. The van der Waals surface area contributed by atoms with Crippen LogP contribution in [0, 0.1) is 0 Å². The van der Waals surface area contributed by atoms with E-state index >= 15 is 0 Å². The van der Waals surface area contributed by atoms with E-state index in [0.29, 0.717) is 15.8 Å². The van der Waals surface area contributed by atoms with Crippen LogP contribution in [0.3, 0.4) is 0 Å². The fourth-order valence-electron chi connectivity index (χ4n) is 2.08. The molecule has 1 aromatic heterocycles. The van der Waals surface area contributed by atoms with Crippen molar-refractivity contribution in [1.82, 2.24) is 4.98 Å². The molecule has 0 saturated carbocycles. The highest BCUT2D eigenvalue weighted by Gasteiger charge is 2.11. The zero-order chi connectivity index (χ0) is 16.4. The first-order valence-electron chi connectivity index (χ1n) is 7.16. The van der Waals surface area contributed by atoms with E-state index in [1.807, 2.05) is 18.2 Å². The molecule has 0 aliphatic heterocycles. The average Bonchev–Trinajstić information content (AvgIpc) is 2.88. The first kappa shape index (κ1) is 16.3. The van der Waals surface area contributed by atoms with Crippen molar-refractivity contribution in [3.05, 3.63) is 53.1 Å². The summed E-state index contributed by atoms with van der Waals surface area (Å²) in [4.78, 5) is 16.9. The number of fused-ring (bicyclic) bond motifs is 1. The van der Waals surface area contributed by atoms with Crippen LogP contribution in [0.15, 0.2) is 46.8 Å². The second-order valence-electron chi connectivity index (χ2n) is 5.26. The number of halogens is 1. The summed E-state index contributed by atoms with van der Waals surface area (Å²) in [6.07, 6.45) is 0. The van der Waals surface area contributed by atoms with E-state index in [9.17, 15) is 4.79 Å². The van der Waals surface area contributed by atoms with E-state index in [4.69, 9.17) is 11.6 Å². The number of anilines is 1. The molecule has 0 atom stereocenters. The van der Waals surface area contributed by atoms with E-state index in [0.717, 1.165) is 20.2 Å². The van der Waals surface area contributed by atoms with E-state index in [2.05, 4.69) is 24.1 Å². The molecule has 0 aliphatic carbocycles. The quantitative estimate of drug-likeness (QED) is 0.605. The van der Waals surface area contributed by atoms with Crippen molar-refractivity contribution in [2.45, 2.75) is 23.4 Å². The summed E-state index contributed by atoms with van der Waals surface area (Å²) < 4.78 is 2.11. The maximum absolute atomic E-state index is 12.3. The van der Waals surface area contributed by atoms with Crippen molar-refractivity contribution >= 4 is 56.5 Å². The summed E-state index contributed by atoms with van der Waals surface area (Å²) >= 11 is 9.45. The third kappa shape index (κ3) is 3.86. The van der Waals surface area contributed by atoms with Gasteiger partial charge in [-0.15, -0.1) is 11.3 Å².